The van der Waals surface area contributed by atoms with Gasteiger partial charge in [-0.25, -0.2) is 4.98 Å². The van der Waals surface area contributed by atoms with Crippen LogP contribution in [0, 0.1) is 0 Å². The first-order valence-electron chi connectivity index (χ1n) is 8.59. The molecule has 2 heterocycles. The highest BCUT2D eigenvalue weighted by atomic mass is 79.9. The van der Waals surface area contributed by atoms with E-state index in [1.807, 2.05) is 13.2 Å². The van der Waals surface area contributed by atoms with Gasteiger partial charge in [-0.2, -0.15) is 0 Å². The summed E-state index contributed by atoms with van der Waals surface area (Å²) in [5.41, 5.74) is 1.27. The van der Waals surface area contributed by atoms with Crippen LogP contribution >= 0.6 is 27.3 Å². The standard InChI is InChI=1S/C18H24BrN5S/c1-3-16-10-21-17(25-16)11-22-18(20-2)23-14-8-9-24(12-14)15-6-4-13(19)5-7-15/h4-7,10,14H,3,8-9,11-12H2,1-2H3,(H2,20,22,23). The molecule has 0 spiro atoms. The number of nitrogens with one attached hydrogen (secondary N) is 2. The van der Waals surface area contributed by atoms with E-state index in [2.05, 4.69) is 72.6 Å². The minimum atomic E-state index is 0.400. The predicted molar refractivity (Wildman–Crippen MR) is 110 cm³/mol. The largest absolute Gasteiger partial charge is 0.369 e. The smallest absolute Gasteiger partial charge is 0.191 e. The average molecular weight is 422 g/mol. The minimum Gasteiger partial charge on any atom is -0.369 e. The Hall–Kier alpha value is -1.60. The summed E-state index contributed by atoms with van der Waals surface area (Å²) in [6, 6.07) is 8.91. The van der Waals surface area contributed by atoms with Gasteiger partial charge in [0, 0.05) is 47.4 Å². The Bertz CT molecular complexity index is 713. The lowest BCUT2D eigenvalue weighted by atomic mass is 10.3. The number of hydrogen-bond donors (Lipinski definition) is 2. The number of aryl methyl sites for hydroxylation is 1. The van der Waals surface area contributed by atoms with E-state index in [4.69, 9.17) is 0 Å². The highest BCUT2D eigenvalue weighted by molar-refractivity contribution is 9.10. The number of benzene rings is 1. The van der Waals surface area contributed by atoms with Crippen LogP contribution in [0.15, 0.2) is 39.9 Å². The number of nitrogens with zero attached hydrogens (tertiary/aromatic N) is 3. The Morgan fingerprint density at radius 3 is 2.88 bits per heavy atom. The molecule has 1 aromatic heterocycles. The predicted octanol–water partition coefficient (Wildman–Crippen LogP) is 3.41. The summed E-state index contributed by atoms with van der Waals surface area (Å²) in [5.74, 6) is 0.843. The lowest BCUT2D eigenvalue weighted by Gasteiger charge is -2.20. The highest BCUT2D eigenvalue weighted by Crippen LogP contribution is 2.22. The Kier molecular flexibility index (Phi) is 6.31. The van der Waals surface area contributed by atoms with Gasteiger partial charge in [0.25, 0.3) is 0 Å². The molecule has 0 amide bonds. The highest BCUT2D eigenvalue weighted by Gasteiger charge is 2.23. The van der Waals surface area contributed by atoms with Crippen molar-refractivity contribution in [2.75, 3.05) is 25.0 Å². The number of aliphatic imine (C=N–C) groups is 1. The van der Waals surface area contributed by atoms with Gasteiger partial charge >= 0.3 is 0 Å². The first kappa shape index (κ1) is 18.2. The zero-order valence-electron chi connectivity index (χ0n) is 14.6. The third kappa shape index (κ3) is 4.95. The maximum absolute atomic E-state index is 4.45. The molecule has 1 aliphatic heterocycles. The van der Waals surface area contributed by atoms with Crippen molar-refractivity contribution in [3.63, 3.8) is 0 Å². The van der Waals surface area contributed by atoms with Crippen LogP contribution in [0.25, 0.3) is 0 Å². The monoisotopic (exact) mass is 421 g/mol. The molecule has 134 valence electrons. The maximum Gasteiger partial charge on any atom is 0.191 e. The minimum absolute atomic E-state index is 0.400. The average Bonchev–Trinajstić information content (AvgIpc) is 3.28. The second-order valence-electron chi connectivity index (χ2n) is 6.05. The van der Waals surface area contributed by atoms with Crippen molar-refractivity contribution in [2.45, 2.75) is 32.4 Å². The second-order valence-corrected chi connectivity index (χ2v) is 8.17. The van der Waals surface area contributed by atoms with Crippen LogP contribution in [0.2, 0.25) is 0 Å². The molecule has 0 aliphatic carbocycles. The van der Waals surface area contributed by atoms with Crippen LogP contribution in [0.4, 0.5) is 5.69 Å². The molecule has 25 heavy (non-hydrogen) atoms. The van der Waals surface area contributed by atoms with E-state index in [0.717, 1.165) is 41.4 Å². The molecule has 1 saturated heterocycles. The van der Waals surface area contributed by atoms with Gasteiger partial charge in [0.2, 0.25) is 0 Å². The van der Waals surface area contributed by atoms with Crippen molar-refractivity contribution in [1.82, 2.24) is 15.6 Å². The van der Waals surface area contributed by atoms with E-state index in [1.54, 1.807) is 11.3 Å². The Morgan fingerprint density at radius 1 is 1.40 bits per heavy atom. The van der Waals surface area contributed by atoms with Gasteiger partial charge in [-0.05, 0) is 37.1 Å². The zero-order chi connectivity index (χ0) is 17.6. The third-order valence-electron chi connectivity index (χ3n) is 4.30. The van der Waals surface area contributed by atoms with Gasteiger partial charge in [0.05, 0.1) is 6.54 Å². The molecule has 1 atom stereocenters. The molecule has 0 bridgehead atoms. The Morgan fingerprint density at radius 2 is 2.20 bits per heavy atom. The van der Waals surface area contributed by atoms with E-state index in [1.165, 1.54) is 10.6 Å². The van der Waals surface area contributed by atoms with E-state index in [0.29, 0.717) is 12.6 Å². The van der Waals surface area contributed by atoms with E-state index in [9.17, 15) is 0 Å². The molecule has 0 saturated carbocycles. The molecule has 5 nitrogen and oxygen atoms in total. The quantitative estimate of drug-likeness (QED) is 0.573. The van der Waals surface area contributed by atoms with Crippen molar-refractivity contribution in [3.05, 3.63) is 44.8 Å². The van der Waals surface area contributed by atoms with Crippen LogP contribution in [0.1, 0.15) is 23.2 Å². The van der Waals surface area contributed by atoms with Gasteiger partial charge in [-0.3, -0.25) is 4.99 Å². The molecule has 7 heteroatoms. The Balaban J connectivity index is 1.50. The van der Waals surface area contributed by atoms with Crippen LogP contribution in [0.5, 0.6) is 0 Å². The number of anilines is 1. The molecular weight excluding hydrogens is 398 g/mol. The lowest BCUT2D eigenvalue weighted by Crippen LogP contribution is -2.44. The summed E-state index contributed by atoms with van der Waals surface area (Å²) in [7, 11) is 1.82. The summed E-state index contributed by atoms with van der Waals surface area (Å²) in [6.45, 7) is 4.91. The van der Waals surface area contributed by atoms with E-state index < -0.39 is 0 Å². The summed E-state index contributed by atoms with van der Waals surface area (Å²) < 4.78 is 1.11. The molecule has 1 fully saturated rings. The van der Waals surface area contributed by atoms with Crippen molar-refractivity contribution in [1.29, 1.82) is 0 Å². The van der Waals surface area contributed by atoms with E-state index in [-0.39, 0.29) is 0 Å². The zero-order valence-corrected chi connectivity index (χ0v) is 17.0. The molecule has 1 aromatic carbocycles. The van der Waals surface area contributed by atoms with Crippen LogP contribution in [-0.4, -0.2) is 37.1 Å². The topological polar surface area (TPSA) is 52.6 Å². The summed E-state index contributed by atoms with van der Waals surface area (Å²) in [5, 5.41) is 8.01. The van der Waals surface area contributed by atoms with Gasteiger partial charge in [0.1, 0.15) is 5.01 Å². The number of thiazole rings is 1. The first-order chi connectivity index (χ1) is 12.2. The van der Waals surface area contributed by atoms with Crippen LogP contribution in [0.3, 0.4) is 0 Å². The molecule has 1 aliphatic rings. The van der Waals surface area contributed by atoms with Crippen LogP contribution in [-0.2, 0) is 13.0 Å². The number of aromatic nitrogens is 1. The Labute approximate surface area is 161 Å². The summed E-state index contributed by atoms with van der Waals surface area (Å²) in [6.07, 6.45) is 4.11. The summed E-state index contributed by atoms with van der Waals surface area (Å²) in [4.78, 5) is 12.5. The van der Waals surface area contributed by atoms with Gasteiger partial charge in [0.15, 0.2) is 5.96 Å². The number of guanidine groups is 1. The van der Waals surface area contributed by atoms with Crippen molar-refractivity contribution >= 4 is 38.9 Å². The van der Waals surface area contributed by atoms with E-state index >= 15 is 0 Å². The molecule has 3 rings (SSSR count). The fourth-order valence-electron chi connectivity index (χ4n) is 2.91. The summed E-state index contributed by atoms with van der Waals surface area (Å²) >= 11 is 5.25. The van der Waals surface area contributed by atoms with Crippen molar-refractivity contribution < 1.29 is 0 Å². The van der Waals surface area contributed by atoms with Crippen LogP contribution < -0.4 is 15.5 Å². The normalized spacial score (nSPS) is 17.8. The molecule has 2 aromatic rings. The number of halogens is 1. The van der Waals surface area contributed by atoms with Crippen molar-refractivity contribution in [3.8, 4) is 0 Å². The third-order valence-corrected chi connectivity index (χ3v) is 5.97. The first-order valence-corrected chi connectivity index (χ1v) is 10.2. The van der Waals surface area contributed by atoms with Gasteiger partial charge in [-0.15, -0.1) is 11.3 Å². The SMILES string of the molecule is CCc1cnc(CNC(=NC)NC2CCN(c3ccc(Br)cc3)C2)s1. The van der Waals surface area contributed by atoms with Crippen molar-refractivity contribution in [2.24, 2.45) is 4.99 Å². The number of rotatable bonds is 5. The fraction of sp³-hybridized carbons (Fsp3) is 0.444. The number of hydrogen-bond acceptors (Lipinski definition) is 4. The molecule has 0 radical (unpaired) electrons. The molecule has 1 unspecified atom stereocenters. The maximum atomic E-state index is 4.45. The van der Waals surface area contributed by atoms with Gasteiger partial charge < -0.3 is 15.5 Å². The fourth-order valence-corrected chi connectivity index (χ4v) is 3.97. The molecule has 2 N–H and O–H groups in total. The lowest BCUT2D eigenvalue weighted by molar-refractivity contribution is 0.648. The second kappa shape index (κ2) is 8.67. The van der Waals surface area contributed by atoms with Gasteiger partial charge in [-0.1, -0.05) is 22.9 Å². The molecular formula is C18H24BrN5S.